The molecule has 20 heavy (non-hydrogen) atoms. The molecule has 0 saturated carbocycles. The first kappa shape index (κ1) is 20.3. The maximum Gasteiger partial charge on any atom is 0.463 e. The van der Waals surface area contributed by atoms with E-state index in [1.165, 1.54) is 32.1 Å². The van der Waals surface area contributed by atoms with E-state index >= 15 is 0 Å². The van der Waals surface area contributed by atoms with Crippen LogP contribution in [0.2, 0.25) is 0 Å². The summed E-state index contributed by atoms with van der Waals surface area (Å²) in [6.07, 6.45) is 7.57. The van der Waals surface area contributed by atoms with E-state index in [-0.39, 0.29) is 5.67 Å². The molecule has 0 radical (unpaired) electrons. The summed E-state index contributed by atoms with van der Waals surface area (Å²) in [7, 11) is -3.10. The van der Waals surface area contributed by atoms with E-state index in [1.807, 2.05) is 20.8 Å². The molecule has 2 N–H and O–H groups in total. The van der Waals surface area contributed by atoms with Crippen molar-refractivity contribution in [3.05, 3.63) is 0 Å². The highest BCUT2D eigenvalue weighted by atomic mass is 29.2. The van der Waals surface area contributed by atoms with Crippen LogP contribution in [0.25, 0.3) is 0 Å². The Hall–Kier alpha value is 0.274. The van der Waals surface area contributed by atoms with Crippen molar-refractivity contribution in [2.24, 2.45) is 5.73 Å². The third-order valence-corrected chi connectivity index (χ3v) is 11.8. The number of nitrogens with two attached hydrogens (primary N) is 1. The van der Waals surface area contributed by atoms with Crippen LogP contribution in [0, 0.1) is 0 Å². The number of unbranched alkanes of at least 4 members (excludes halogenated alkanes) is 4. The molecule has 122 valence electrons. The first-order chi connectivity index (χ1) is 9.64. The summed E-state index contributed by atoms with van der Waals surface area (Å²) in [5.41, 5.74) is 6.58. The van der Waals surface area contributed by atoms with E-state index in [9.17, 15) is 0 Å². The maximum absolute atomic E-state index is 6.32. The molecule has 0 aliphatic rings. The molecule has 4 nitrogen and oxygen atoms in total. The Morgan fingerprint density at radius 1 is 0.850 bits per heavy atom. The maximum atomic E-state index is 6.32. The van der Waals surface area contributed by atoms with Crippen molar-refractivity contribution in [3.8, 4) is 0 Å². The van der Waals surface area contributed by atoms with Gasteiger partial charge in [-0.15, -0.1) is 0 Å². The highest BCUT2D eigenvalue weighted by Gasteiger charge is 2.41. The Morgan fingerprint density at radius 3 is 1.80 bits per heavy atom. The molecular weight excluding hydrogens is 286 g/mol. The van der Waals surface area contributed by atoms with Crippen LogP contribution in [0.15, 0.2) is 0 Å². The first-order valence-electron chi connectivity index (χ1n) is 8.31. The highest BCUT2D eigenvalue weighted by Crippen LogP contribution is 2.13. The normalized spacial score (nSPS) is 14.2. The van der Waals surface area contributed by atoms with E-state index in [0.717, 1.165) is 6.42 Å². The van der Waals surface area contributed by atoms with Gasteiger partial charge >= 0.3 is 8.32 Å². The summed E-state index contributed by atoms with van der Waals surface area (Å²) in [6, 6.07) is 0. The predicted octanol–water partition coefficient (Wildman–Crippen LogP) is 2.35. The first-order valence-corrected chi connectivity index (χ1v) is 13.2. The van der Waals surface area contributed by atoms with Gasteiger partial charge in [0, 0.05) is 19.8 Å². The molecule has 0 fully saturated rings. The van der Waals surface area contributed by atoms with Crippen molar-refractivity contribution in [2.75, 3.05) is 19.8 Å². The number of hydrogen-bond donors (Lipinski definition) is 1. The third-order valence-electron chi connectivity index (χ3n) is 3.28. The SMILES string of the molecule is CCCCCCCC(N)[SiH2][Si](OCC)(OCC)OCC. The topological polar surface area (TPSA) is 53.7 Å². The van der Waals surface area contributed by atoms with Crippen molar-refractivity contribution in [1.29, 1.82) is 0 Å². The highest BCUT2D eigenvalue weighted by molar-refractivity contribution is 7.15. The van der Waals surface area contributed by atoms with Crippen LogP contribution in [0.5, 0.6) is 0 Å². The molecule has 0 amide bonds. The van der Waals surface area contributed by atoms with Gasteiger partial charge < -0.3 is 19.0 Å². The van der Waals surface area contributed by atoms with E-state index < -0.39 is 17.4 Å². The van der Waals surface area contributed by atoms with Gasteiger partial charge in [-0.2, -0.15) is 0 Å². The fourth-order valence-corrected chi connectivity index (χ4v) is 10.9. The summed E-state index contributed by atoms with van der Waals surface area (Å²) < 4.78 is 17.7. The summed E-state index contributed by atoms with van der Waals surface area (Å²) in [5, 5.41) is 0. The molecule has 0 aliphatic heterocycles. The quantitative estimate of drug-likeness (QED) is 0.394. The molecule has 0 saturated heterocycles. The molecule has 1 unspecified atom stereocenters. The Labute approximate surface area is 128 Å². The molecule has 6 heteroatoms. The molecule has 0 aromatic rings. The van der Waals surface area contributed by atoms with E-state index in [4.69, 9.17) is 19.0 Å². The molecule has 0 aromatic heterocycles. The third kappa shape index (κ3) is 9.25. The summed E-state index contributed by atoms with van der Waals surface area (Å²) in [6.45, 7) is 10.2. The molecular formula is C14H35NO3Si2. The predicted molar refractivity (Wildman–Crippen MR) is 90.5 cm³/mol. The van der Waals surface area contributed by atoms with Gasteiger partial charge in [0.25, 0.3) is 0 Å². The van der Waals surface area contributed by atoms with E-state index in [1.54, 1.807) is 0 Å². The minimum atomic E-state index is -2.42. The van der Waals surface area contributed by atoms with Crippen LogP contribution in [-0.2, 0) is 13.3 Å². The Balaban J connectivity index is 4.18. The second-order valence-electron chi connectivity index (χ2n) is 5.15. The van der Waals surface area contributed by atoms with Crippen molar-refractivity contribution >= 4 is 17.4 Å². The van der Waals surface area contributed by atoms with Crippen LogP contribution in [0.1, 0.15) is 66.2 Å². The summed E-state index contributed by atoms with van der Waals surface area (Å²) >= 11 is 0. The second-order valence-corrected chi connectivity index (χ2v) is 12.7. The van der Waals surface area contributed by atoms with Crippen LogP contribution in [0.4, 0.5) is 0 Å². The lowest BCUT2D eigenvalue weighted by molar-refractivity contribution is 0.0925. The zero-order chi connectivity index (χ0) is 15.3. The van der Waals surface area contributed by atoms with Crippen LogP contribution in [-0.4, -0.2) is 42.8 Å². The minimum absolute atomic E-state index is 0.257. The fourth-order valence-electron chi connectivity index (χ4n) is 2.39. The number of hydrogen-bond acceptors (Lipinski definition) is 4. The number of rotatable bonds is 14. The average molecular weight is 322 g/mol. The molecule has 0 aliphatic carbocycles. The zero-order valence-corrected chi connectivity index (χ0v) is 16.4. The molecule has 0 spiro atoms. The van der Waals surface area contributed by atoms with Crippen LogP contribution in [0.3, 0.4) is 0 Å². The smallest absolute Gasteiger partial charge is 0.377 e. The Morgan fingerprint density at radius 2 is 1.35 bits per heavy atom. The molecule has 0 aromatic carbocycles. The monoisotopic (exact) mass is 321 g/mol. The van der Waals surface area contributed by atoms with Crippen molar-refractivity contribution in [1.82, 2.24) is 0 Å². The molecule has 1 atom stereocenters. The minimum Gasteiger partial charge on any atom is -0.377 e. The van der Waals surface area contributed by atoms with Gasteiger partial charge in [0.2, 0.25) is 0 Å². The van der Waals surface area contributed by atoms with Crippen molar-refractivity contribution < 1.29 is 13.3 Å². The second kappa shape index (κ2) is 13.0. The lowest BCUT2D eigenvalue weighted by Gasteiger charge is -2.30. The lowest BCUT2D eigenvalue weighted by atomic mass is 10.1. The fraction of sp³-hybridized carbons (Fsp3) is 1.00. The Bertz CT molecular complexity index is 204. The van der Waals surface area contributed by atoms with Gasteiger partial charge in [-0.3, -0.25) is 0 Å². The average Bonchev–Trinajstić information content (AvgIpc) is 2.39. The van der Waals surface area contributed by atoms with Crippen molar-refractivity contribution in [2.45, 2.75) is 71.9 Å². The summed E-state index contributed by atoms with van der Waals surface area (Å²) in [4.78, 5) is 0. The largest absolute Gasteiger partial charge is 0.463 e. The van der Waals surface area contributed by atoms with Gasteiger partial charge in [-0.25, -0.2) is 0 Å². The molecule has 0 rings (SSSR count). The van der Waals surface area contributed by atoms with Gasteiger partial charge in [0.15, 0.2) is 0 Å². The Kier molecular flexibility index (Phi) is 13.2. The van der Waals surface area contributed by atoms with Gasteiger partial charge in [-0.1, -0.05) is 39.0 Å². The van der Waals surface area contributed by atoms with Crippen LogP contribution < -0.4 is 5.73 Å². The van der Waals surface area contributed by atoms with Crippen molar-refractivity contribution in [3.63, 3.8) is 0 Å². The van der Waals surface area contributed by atoms with E-state index in [0.29, 0.717) is 19.8 Å². The van der Waals surface area contributed by atoms with Gasteiger partial charge in [-0.05, 0) is 32.9 Å². The van der Waals surface area contributed by atoms with Gasteiger partial charge in [0.1, 0.15) is 9.04 Å². The van der Waals surface area contributed by atoms with E-state index in [2.05, 4.69) is 6.92 Å². The summed E-state index contributed by atoms with van der Waals surface area (Å²) in [5.74, 6) is 0. The van der Waals surface area contributed by atoms with Crippen LogP contribution >= 0.6 is 0 Å². The molecule has 0 heterocycles. The van der Waals surface area contributed by atoms with Gasteiger partial charge in [0.05, 0.1) is 0 Å². The standard InChI is InChI=1S/C14H35NO3Si2/c1-5-9-10-11-12-13-14(15)19-20(16-6-2,17-7-3)18-8-4/h14H,5-13,15,19H2,1-4H3. The zero-order valence-electron chi connectivity index (χ0n) is 14.0. The molecule has 0 bridgehead atoms. The lowest BCUT2D eigenvalue weighted by Crippen LogP contribution is -2.58.